The van der Waals surface area contributed by atoms with Crippen molar-refractivity contribution in [3.63, 3.8) is 0 Å². The van der Waals surface area contributed by atoms with Gasteiger partial charge in [-0.1, -0.05) is 20.8 Å². The van der Waals surface area contributed by atoms with Crippen LogP contribution < -0.4 is 0 Å². The van der Waals surface area contributed by atoms with Gasteiger partial charge in [0.25, 0.3) is 0 Å². The molecule has 0 fully saturated rings. The van der Waals surface area contributed by atoms with Gasteiger partial charge in [0.15, 0.2) is 0 Å². The third-order valence-corrected chi connectivity index (χ3v) is 4.15. The van der Waals surface area contributed by atoms with Gasteiger partial charge in [0.2, 0.25) is 5.91 Å². The Balaban J connectivity index is 2.94. The van der Waals surface area contributed by atoms with Gasteiger partial charge < -0.3 is 4.90 Å². The standard InChI is InChI=1S/C16H29N3O/c1-7-10-19(16(20)14(8-2)9-3)11-15-12(4)17-18(6)13(15)5/h14H,7-11H2,1-6H3. The summed E-state index contributed by atoms with van der Waals surface area (Å²) in [7, 11) is 1.96. The van der Waals surface area contributed by atoms with Crippen LogP contribution in [0.1, 0.15) is 57.0 Å². The Morgan fingerprint density at radius 3 is 2.25 bits per heavy atom. The number of hydrogen-bond acceptors (Lipinski definition) is 2. The van der Waals surface area contributed by atoms with Gasteiger partial charge in [0, 0.05) is 37.3 Å². The second-order valence-electron chi connectivity index (χ2n) is 5.55. The van der Waals surface area contributed by atoms with E-state index in [9.17, 15) is 4.79 Å². The predicted molar refractivity (Wildman–Crippen MR) is 82.5 cm³/mol. The Labute approximate surface area is 123 Å². The maximum absolute atomic E-state index is 12.6. The molecule has 0 spiro atoms. The summed E-state index contributed by atoms with van der Waals surface area (Å²) in [6.45, 7) is 11.9. The van der Waals surface area contributed by atoms with Gasteiger partial charge in [0.05, 0.1) is 5.69 Å². The molecule has 0 aromatic carbocycles. The van der Waals surface area contributed by atoms with E-state index in [-0.39, 0.29) is 5.92 Å². The van der Waals surface area contributed by atoms with E-state index in [1.54, 1.807) is 0 Å². The number of nitrogens with zero attached hydrogens (tertiary/aromatic N) is 3. The molecule has 1 amide bonds. The number of carbonyl (C=O) groups excluding carboxylic acids is 1. The zero-order valence-corrected chi connectivity index (χ0v) is 13.9. The summed E-state index contributed by atoms with van der Waals surface area (Å²) < 4.78 is 1.90. The van der Waals surface area contributed by atoms with E-state index in [1.165, 1.54) is 5.56 Å². The fourth-order valence-corrected chi connectivity index (χ4v) is 2.67. The molecule has 0 N–H and O–H groups in total. The number of aromatic nitrogens is 2. The second-order valence-corrected chi connectivity index (χ2v) is 5.55. The molecule has 20 heavy (non-hydrogen) atoms. The van der Waals surface area contributed by atoms with Crippen LogP contribution in [-0.2, 0) is 18.4 Å². The normalized spacial score (nSPS) is 11.2. The van der Waals surface area contributed by atoms with Crippen molar-refractivity contribution in [3.8, 4) is 0 Å². The van der Waals surface area contributed by atoms with Crippen LogP contribution in [0.4, 0.5) is 0 Å². The first kappa shape index (κ1) is 16.7. The molecule has 0 bridgehead atoms. The van der Waals surface area contributed by atoms with Crippen LogP contribution in [-0.4, -0.2) is 27.1 Å². The number of rotatable bonds is 7. The molecule has 1 rings (SSSR count). The first-order valence-electron chi connectivity index (χ1n) is 7.73. The van der Waals surface area contributed by atoms with E-state index in [1.807, 2.05) is 23.6 Å². The maximum atomic E-state index is 12.6. The van der Waals surface area contributed by atoms with Gasteiger partial charge >= 0.3 is 0 Å². The van der Waals surface area contributed by atoms with Gasteiger partial charge in [-0.2, -0.15) is 5.10 Å². The molecule has 4 heteroatoms. The topological polar surface area (TPSA) is 38.1 Å². The molecule has 4 nitrogen and oxygen atoms in total. The van der Waals surface area contributed by atoms with Crippen LogP contribution >= 0.6 is 0 Å². The smallest absolute Gasteiger partial charge is 0.225 e. The molecular formula is C16H29N3O. The van der Waals surface area contributed by atoms with E-state index in [0.29, 0.717) is 12.5 Å². The highest BCUT2D eigenvalue weighted by Crippen LogP contribution is 2.19. The molecule has 0 radical (unpaired) electrons. The Hall–Kier alpha value is -1.32. The fraction of sp³-hybridized carbons (Fsp3) is 0.750. The van der Waals surface area contributed by atoms with Gasteiger partial charge in [-0.3, -0.25) is 9.48 Å². The van der Waals surface area contributed by atoms with Crippen LogP contribution in [0.3, 0.4) is 0 Å². The van der Waals surface area contributed by atoms with Gasteiger partial charge in [-0.05, 0) is 33.1 Å². The monoisotopic (exact) mass is 279 g/mol. The summed E-state index contributed by atoms with van der Waals surface area (Å²) in [6.07, 6.45) is 2.82. The quantitative estimate of drug-likeness (QED) is 0.768. The lowest BCUT2D eigenvalue weighted by molar-refractivity contribution is -0.136. The maximum Gasteiger partial charge on any atom is 0.225 e. The van der Waals surface area contributed by atoms with Crippen molar-refractivity contribution in [2.45, 2.75) is 60.4 Å². The van der Waals surface area contributed by atoms with Crippen LogP contribution in [0.5, 0.6) is 0 Å². The molecule has 0 saturated heterocycles. The molecule has 0 aliphatic rings. The zero-order chi connectivity index (χ0) is 15.3. The fourth-order valence-electron chi connectivity index (χ4n) is 2.67. The average molecular weight is 279 g/mol. The van der Waals surface area contributed by atoms with Crippen LogP contribution in [0.2, 0.25) is 0 Å². The minimum absolute atomic E-state index is 0.152. The molecule has 0 unspecified atom stereocenters. The van der Waals surface area contributed by atoms with Gasteiger partial charge in [-0.25, -0.2) is 0 Å². The predicted octanol–water partition coefficient (Wildman–Crippen LogP) is 3.21. The van der Waals surface area contributed by atoms with Crippen molar-refractivity contribution in [1.29, 1.82) is 0 Å². The van der Waals surface area contributed by atoms with Crippen molar-refractivity contribution in [2.75, 3.05) is 6.54 Å². The minimum atomic E-state index is 0.152. The first-order chi connectivity index (χ1) is 9.46. The number of aryl methyl sites for hydroxylation is 2. The zero-order valence-electron chi connectivity index (χ0n) is 13.9. The second kappa shape index (κ2) is 7.46. The summed E-state index contributed by atoms with van der Waals surface area (Å²) in [5.41, 5.74) is 3.38. The molecule has 0 aliphatic carbocycles. The van der Waals surface area contributed by atoms with E-state index in [4.69, 9.17) is 0 Å². The number of hydrogen-bond donors (Lipinski definition) is 0. The van der Waals surface area contributed by atoms with Gasteiger partial charge in [0.1, 0.15) is 0 Å². The van der Waals surface area contributed by atoms with E-state index >= 15 is 0 Å². The van der Waals surface area contributed by atoms with Crippen molar-refractivity contribution in [1.82, 2.24) is 14.7 Å². The summed E-state index contributed by atoms with van der Waals surface area (Å²) in [5, 5.41) is 4.45. The average Bonchev–Trinajstić information content (AvgIpc) is 2.65. The highest BCUT2D eigenvalue weighted by atomic mass is 16.2. The lowest BCUT2D eigenvalue weighted by atomic mass is 10.0. The van der Waals surface area contributed by atoms with Gasteiger partial charge in [-0.15, -0.1) is 0 Å². The molecule has 1 heterocycles. The Morgan fingerprint density at radius 1 is 1.25 bits per heavy atom. The molecule has 0 aliphatic heterocycles. The third-order valence-electron chi connectivity index (χ3n) is 4.15. The van der Waals surface area contributed by atoms with Crippen molar-refractivity contribution < 1.29 is 4.79 Å². The first-order valence-corrected chi connectivity index (χ1v) is 7.73. The summed E-state index contributed by atoms with van der Waals surface area (Å²) in [6, 6.07) is 0. The number of amides is 1. The summed E-state index contributed by atoms with van der Waals surface area (Å²) in [5.74, 6) is 0.443. The summed E-state index contributed by atoms with van der Waals surface area (Å²) >= 11 is 0. The Kier molecular flexibility index (Phi) is 6.24. The lowest BCUT2D eigenvalue weighted by Gasteiger charge is -2.26. The van der Waals surface area contributed by atoms with E-state index < -0.39 is 0 Å². The summed E-state index contributed by atoms with van der Waals surface area (Å²) in [4.78, 5) is 14.6. The molecule has 0 saturated carbocycles. The van der Waals surface area contributed by atoms with Crippen LogP contribution in [0.15, 0.2) is 0 Å². The Morgan fingerprint density at radius 2 is 1.85 bits per heavy atom. The van der Waals surface area contributed by atoms with E-state index in [2.05, 4.69) is 32.8 Å². The minimum Gasteiger partial charge on any atom is -0.338 e. The third kappa shape index (κ3) is 3.62. The molecule has 114 valence electrons. The lowest BCUT2D eigenvalue weighted by Crippen LogP contribution is -2.36. The van der Waals surface area contributed by atoms with Crippen LogP contribution in [0, 0.1) is 19.8 Å². The van der Waals surface area contributed by atoms with Crippen molar-refractivity contribution in [2.24, 2.45) is 13.0 Å². The largest absolute Gasteiger partial charge is 0.338 e. The Bertz CT molecular complexity index is 447. The number of carbonyl (C=O) groups is 1. The van der Waals surface area contributed by atoms with Crippen LogP contribution in [0.25, 0.3) is 0 Å². The highest BCUT2D eigenvalue weighted by Gasteiger charge is 2.23. The SMILES string of the molecule is CCCN(Cc1c(C)nn(C)c1C)C(=O)C(CC)CC. The molecule has 1 aromatic heterocycles. The molecular weight excluding hydrogens is 250 g/mol. The molecule has 0 atom stereocenters. The van der Waals surface area contributed by atoms with Crippen molar-refractivity contribution >= 4 is 5.91 Å². The molecule has 1 aromatic rings. The van der Waals surface area contributed by atoms with E-state index in [0.717, 1.165) is 37.2 Å². The highest BCUT2D eigenvalue weighted by molar-refractivity contribution is 5.78. The van der Waals surface area contributed by atoms with Crippen molar-refractivity contribution in [3.05, 3.63) is 17.0 Å².